The van der Waals surface area contributed by atoms with E-state index >= 15 is 0 Å². The van der Waals surface area contributed by atoms with Crippen molar-refractivity contribution < 1.29 is 9.59 Å². The summed E-state index contributed by atoms with van der Waals surface area (Å²) in [4.78, 5) is 24.7. The average molecular weight is 227 g/mol. The fraction of sp³-hybridized carbons (Fsp3) is 0.818. The molecule has 92 valence electrons. The molecule has 0 radical (unpaired) electrons. The maximum absolute atomic E-state index is 11.7. The van der Waals surface area contributed by atoms with Gasteiger partial charge in [-0.25, -0.2) is 0 Å². The topological polar surface area (TPSA) is 61.4 Å². The molecule has 0 aliphatic carbocycles. The number of rotatable bonds is 4. The Kier molecular flexibility index (Phi) is 5.25. The van der Waals surface area contributed by atoms with E-state index in [-0.39, 0.29) is 24.4 Å². The summed E-state index contributed by atoms with van der Waals surface area (Å²) in [6, 6.07) is -0.117. The highest BCUT2D eigenvalue weighted by molar-refractivity contribution is 5.87. The molecule has 0 aromatic rings. The fourth-order valence-electron chi connectivity index (χ4n) is 1.67. The second-order valence-corrected chi connectivity index (χ2v) is 4.13. The van der Waals surface area contributed by atoms with Gasteiger partial charge in [0, 0.05) is 13.6 Å². The van der Waals surface area contributed by atoms with Crippen LogP contribution in [0.4, 0.5) is 0 Å². The maximum Gasteiger partial charge on any atom is 0.241 e. The highest BCUT2D eigenvalue weighted by Crippen LogP contribution is 2.06. The van der Waals surface area contributed by atoms with E-state index in [9.17, 15) is 9.59 Å². The van der Waals surface area contributed by atoms with Gasteiger partial charge in [0.1, 0.15) is 0 Å². The van der Waals surface area contributed by atoms with Gasteiger partial charge < -0.3 is 15.5 Å². The Morgan fingerprint density at radius 2 is 2.19 bits per heavy atom. The van der Waals surface area contributed by atoms with Crippen LogP contribution in [0.3, 0.4) is 0 Å². The third-order valence-corrected chi connectivity index (χ3v) is 2.94. The molecule has 0 spiro atoms. The van der Waals surface area contributed by atoms with Crippen molar-refractivity contribution in [3.63, 3.8) is 0 Å². The highest BCUT2D eigenvalue weighted by atomic mass is 16.2. The average Bonchev–Trinajstić information content (AvgIpc) is 2.35. The zero-order valence-corrected chi connectivity index (χ0v) is 10.1. The van der Waals surface area contributed by atoms with E-state index in [0.29, 0.717) is 6.54 Å². The van der Waals surface area contributed by atoms with Crippen LogP contribution in [0.25, 0.3) is 0 Å². The van der Waals surface area contributed by atoms with Crippen LogP contribution in [-0.4, -0.2) is 49.4 Å². The first-order chi connectivity index (χ1) is 7.65. The summed E-state index contributed by atoms with van der Waals surface area (Å²) >= 11 is 0. The van der Waals surface area contributed by atoms with E-state index in [1.807, 2.05) is 6.92 Å². The maximum atomic E-state index is 11.7. The molecule has 1 rings (SSSR count). The van der Waals surface area contributed by atoms with E-state index in [0.717, 1.165) is 25.8 Å². The van der Waals surface area contributed by atoms with Crippen molar-refractivity contribution in [3.05, 3.63) is 0 Å². The van der Waals surface area contributed by atoms with Crippen LogP contribution < -0.4 is 10.6 Å². The van der Waals surface area contributed by atoms with Gasteiger partial charge in [-0.05, 0) is 26.3 Å². The quantitative estimate of drug-likeness (QED) is 0.694. The molecule has 0 aromatic carbocycles. The summed E-state index contributed by atoms with van der Waals surface area (Å²) < 4.78 is 0. The van der Waals surface area contributed by atoms with Gasteiger partial charge in [-0.2, -0.15) is 0 Å². The van der Waals surface area contributed by atoms with Crippen LogP contribution in [0.2, 0.25) is 0 Å². The first-order valence-electron chi connectivity index (χ1n) is 5.90. The van der Waals surface area contributed by atoms with Crippen LogP contribution in [0, 0.1) is 0 Å². The standard InChI is InChI=1S/C11H21N3O2/c1-3-14(2)10(15)8-13-11(16)9-6-4-5-7-12-9/h9,12H,3-8H2,1-2H3,(H,13,16). The molecule has 0 aromatic heterocycles. The van der Waals surface area contributed by atoms with Crippen molar-refractivity contribution in [2.24, 2.45) is 0 Å². The van der Waals surface area contributed by atoms with Crippen molar-refractivity contribution in [3.8, 4) is 0 Å². The predicted octanol–water partition coefficient (Wildman–Crippen LogP) is -0.277. The Balaban J connectivity index is 2.26. The number of carbonyl (C=O) groups is 2. The SMILES string of the molecule is CCN(C)C(=O)CNC(=O)C1CCCCN1. The van der Waals surface area contributed by atoms with Gasteiger partial charge in [0.25, 0.3) is 0 Å². The largest absolute Gasteiger partial charge is 0.346 e. The third kappa shape index (κ3) is 3.81. The van der Waals surface area contributed by atoms with Crippen molar-refractivity contribution >= 4 is 11.8 Å². The molecule has 5 heteroatoms. The van der Waals surface area contributed by atoms with Crippen LogP contribution >= 0.6 is 0 Å². The number of nitrogens with zero attached hydrogens (tertiary/aromatic N) is 1. The molecule has 2 amide bonds. The Hall–Kier alpha value is -1.10. The number of amides is 2. The predicted molar refractivity (Wildman–Crippen MR) is 62.0 cm³/mol. The van der Waals surface area contributed by atoms with Crippen LogP contribution in [0.15, 0.2) is 0 Å². The molecule has 1 aliphatic rings. The Labute approximate surface area is 96.6 Å². The summed E-state index contributed by atoms with van der Waals surface area (Å²) in [5.41, 5.74) is 0. The van der Waals surface area contributed by atoms with Gasteiger partial charge in [0.15, 0.2) is 0 Å². The van der Waals surface area contributed by atoms with Crippen molar-refractivity contribution in [2.75, 3.05) is 26.7 Å². The molecular formula is C11H21N3O2. The molecule has 16 heavy (non-hydrogen) atoms. The summed E-state index contributed by atoms with van der Waals surface area (Å²) in [6.45, 7) is 3.56. The van der Waals surface area contributed by atoms with E-state index in [2.05, 4.69) is 10.6 Å². The molecular weight excluding hydrogens is 206 g/mol. The lowest BCUT2D eigenvalue weighted by Crippen LogP contribution is -2.49. The molecule has 1 fully saturated rings. The first kappa shape index (κ1) is 13.0. The molecule has 5 nitrogen and oxygen atoms in total. The summed E-state index contributed by atoms with van der Waals surface area (Å²) in [7, 11) is 1.73. The van der Waals surface area contributed by atoms with Gasteiger partial charge in [-0.3, -0.25) is 9.59 Å². The van der Waals surface area contributed by atoms with Gasteiger partial charge in [0.2, 0.25) is 11.8 Å². The molecule has 1 unspecified atom stereocenters. The molecule has 1 saturated heterocycles. The van der Waals surface area contributed by atoms with Crippen LogP contribution in [0.5, 0.6) is 0 Å². The molecule has 1 heterocycles. The second kappa shape index (κ2) is 6.48. The smallest absolute Gasteiger partial charge is 0.241 e. The molecule has 0 bridgehead atoms. The second-order valence-electron chi connectivity index (χ2n) is 4.13. The Morgan fingerprint density at radius 3 is 2.75 bits per heavy atom. The van der Waals surface area contributed by atoms with Crippen molar-refractivity contribution in [1.82, 2.24) is 15.5 Å². The Bertz CT molecular complexity index is 250. The van der Waals surface area contributed by atoms with E-state index in [4.69, 9.17) is 0 Å². The van der Waals surface area contributed by atoms with Crippen LogP contribution in [0.1, 0.15) is 26.2 Å². The van der Waals surface area contributed by atoms with E-state index in [1.54, 1.807) is 11.9 Å². The van der Waals surface area contributed by atoms with Crippen molar-refractivity contribution in [1.29, 1.82) is 0 Å². The van der Waals surface area contributed by atoms with Gasteiger partial charge in [-0.1, -0.05) is 6.42 Å². The minimum atomic E-state index is -0.117. The zero-order valence-electron chi connectivity index (χ0n) is 10.1. The first-order valence-corrected chi connectivity index (χ1v) is 5.90. The zero-order chi connectivity index (χ0) is 12.0. The number of hydrogen-bond donors (Lipinski definition) is 2. The minimum Gasteiger partial charge on any atom is -0.346 e. The van der Waals surface area contributed by atoms with Gasteiger partial charge in [-0.15, -0.1) is 0 Å². The molecule has 1 atom stereocenters. The molecule has 2 N–H and O–H groups in total. The van der Waals surface area contributed by atoms with Gasteiger partial charge in [0.05, 0.1) is 12.6 Å². The summed E-state index contributed by atoms with van der Waals surface area (Å²) in [6.07, 6.45) is 3.07. The normalized spacial score (nSPS) is 20.2. The van der Waals surface area contributed by atoms with E-state index < -0.39 is 0 Å². The highest BCUT2D eigenvalue weighted by Gasteiger charge is 2.20. The number of piperidine rings is 1. The lowest BCUT2D eigenvalue weighted by Gasteiger charge is -2.23. The monoisotopic (exact) mass is 227 g/mol. The number of likely N-dealkylation sites (N-methyl/N-ethyl adjacent to an activating group) is 1. The number of carbonyl (C=O) groups excluding carboxylic acids is 2. The van der Waals surface area contributed by atoms with Gasteiger partial charge >= 0.3 is 0 Å². The summed E-state index contributed by atoms with van der Waals surface area (Å²) in [5, 5.41) is 5.82. The minimum absolute atomic E-state index is 0.0494. The van der Waals surface area contributed by atoms with E-state index in [1.165, 1.54) is 0 Å². The summed E-state index contributed by atoms with van der Waals surface area (Å²) in [5.74, 6) is -0.107. The number of nitrogens with one attached hydrogen (secondary N) is 2. The molecule has 0 saturated carbocycles. The lowest BCUT2D eigenvalue weighted by molar-refractivity contribution is -0.132. The number of hydrogen-bond acceptors (Lipinski definition) is 3. The van der Waals surface area contributed by atoms with Crippen LogP contribution in [-0.2, 0) is 9.59 Å². The fourth-order valence-corrected chi connectivity index (χ4v) is 1.67. The third-order valence-electron chi connectivity index (χ3n) is 2.94. The molecule has 1 aliphatic heterocycles. The van der Waals surface area contributed by atoms with Crippen molar-refractivity contribution in [2.45, 2.75) is 32.2 Å². The lowest BCUT2D eigenvalue weighted by atomic mass is 10.0. The Morgan fingerprint density at radius 1 is 1.44 bits per heavy atom.